The van der Waals surface area contributed by atoms with Crippen LogP contribution in [-0.4, -0.2) is 26.4 Å². The average molecular weight is 305 g/mol. The van der Waals surface area contributed by atoms with E-state index < -0.39 is 12.0 Å². The zero-order chi connectivity index (χ0) is 14.4. The van der Waals surface area contributed by atoms with Crippen LogP contribution in [0.25, 0.3) is 4.96 Å². The number of halogens is 3. The topological polar surface area (TPSA) is 55.1 Å². The molecule has 0 saturated carbocycles. The minimum Gasteiger partial charge on any atom is -0.305 e. The van der Waals surface area contributed by atoms with Crippen molar-refractivity contribution in [1.82, 2.24) is 25.1 Å². The van der Waals surface area contributed by atoms with E-state index in [1.54, 1.807) is 0 Å². The van der Waals surface area contributed by atoms with Gasteiger partial charge in [-0.05, 0) is 25.8 Å². The van der Waals surface area contributed by atoms with Crippen molar-refractivity contribution in [2.75, 3.05) is 6.54 Å². The van der Waals surface area contributed by atoms with Crippen molar-refractivity contribution in [3.05, 3.63) is 10.8 Å². The Morgan fingerprint density at radius 3 is 2.80 bits per heavy atom. The van der Waals surface area contributed by atoms with Crippen molar-refractivity contribution in [1.29, 1.82) is 0 Å². The highest BCUT2D eigenvalue weighted by molar-refractivity contribution is 7.16. The fraction of sp³-hybridized carbons (Fsp3) is 0.727. The van der Waals surface area contributed by atoms with Gasteiger partial charge in [-0.1, -0.05) is 24.7 Å². The van der Waals surface area contributed by atoms with Gasteiger partial charge in [0, 0.05) is 0 Å². The van der Waals surface area contributed by atoms with Gasteiger partial charge in [0.05, 0.1) is 5.54 Å². The molecule has 1 N–H and O–H groups in total. The second-order valence-electron chi connectivity index (χ2n) is 4.99. The van der Waals surface area contributed by atoms with Gasteiger partial charge in [0.15, 0.2) is 0 Å². The molecule has 1 aliphatic rings. The van der Waals surface area contributed by atoms with Crippen LogP contribution in [0.4, 0.5) is 13.2 Å². The third kappa shape index (κ3) is 2.08. The van der Waals surface area contributed by atoms with Crippen LogP contribution in [0.1, 0.15) is 43.4 Å². The fourth-order valence-corrected chi connectivity index (χ4v) is 3.79. The molecule has 2 aromatic rings. The highest BCUT2D eigenvalue weighted by atomic mass is 32.1. The molecule has 0 aliphatic carbocycles. The van der Waals surface area contributed by atoms with Crippen molar-refractivity contribution < 1.29 is 13.2 Å². The molecule has 0 spiro atoms. The summed E-state index contributed by atoms with van der Waals surface area (Å²) in [7, 11) is 0. The summed E-state index contributed by atoms with van der Waals surface area (Å²) < 4.78 is 39.2. The number of hydrogen-bond donors (Lipinski definition) is 1. The maximum absolute atomic E-state index is 12.8. The maximum atomic E-state index is 12.8. The van der Waals surface area contributed by atoms with Gasteiger partial charge in [-0.2, -0.15) is 22.8 Å². The molecule has 0 aromatic carbocycles. The molecular weight excluding hydrogens is 291 g/mol. The van der Waals surface area contributed by atoms with E-state index in [0.717, 1.165) is 36.7 Å². The Balaban J connectivity index is 2.06. The molecule has 9 heteroatoms. The Labute approximate surface area is 117 Å². The zero-order valence-corrected chi connectivity index (χ0v) is 11.7. The number of nitrogens with one attached hydrogen (secondary N) is 1. The van der Waals surface area contributed by atoms with Gasteiger partial charge >= 0.3 is 6.18 Å². The van der Waals surface area contributed by atoms with Crippen molar-refractivity contribution >= 4 is 16.3 Å². The Morgan fingerprint density at radius 2 is 2.20 bits per heavy atom. The average Bonchev–Trinajstić information content (AvgIpc) is 3.00. The lowest BCUT2D eigenvalue weighted by Gasteiger charge is -2.26. The molecule has 1 unspecified atom stereocenters. The monoisotopic (exact) mass is 305 g/mol. The van der Waals surface area contributed by atoms with Crippen molar-refractivity contribution in [3.8, 4) is 0 Å². The lowest BCUT2D eigenvalue weighted by molar-refractivity contribution is -0.146. The van der Waals surface area contributed by atoms with Gasteiger partial charge in [0.25, 0.3) is 5.82 Å². The van der Waals surface area contributed by atoms with Crippen LogP contribution < -0.4 is 5.32 Å². The summed E-state index contributed by atoms with van der Waals surface area (Å²) >= 11 is 1.19. The van der Waals surface area contributed by atoms with E-state index in [-0.39, 0.29) is 10.5 Å². The highest BCUT2D eigenvalue weighted by Crippen LogP contribution is 2.38. The van der Waals surface area contributed by atoms with Crippen LogP contribution in [0.15, 0.2) is 0 Å². The third-order valence-corrected chi connectivity index (χ3v) is 4.68. The van der Waals surface area contributed by atoms with Crippen LogP contribution in [0.2, 0.25) is 0 Å². The molecule has 5 nitrogen and oxygen atoms in total. The first-order valence-corrected chi connectivity index (χ1v) is 7.33. The summed E-state index contributed by atoms with van der Waals surface area (Å²) in [5.74, 6) is -1.06. The molecule has 110 valence electrons. The summed E-state index contributed by atoms with van der Waals surface area (Å²) in [4.78, 5) is 0.191. The normalized spacial score (nSPS) is 23.8. The SMILES string of the molecule is CCCC1(c2nn3c(C(F)(F)F)nnc3s2)CCCN1. The van der Waals surface area contributed by atoms with E-state index in [1.807, 2.05) is 0 Å². The molecule has 1 aliphatic heterocycles. The first kappa shape index (κ1) is 13.7. The van der Waals surface area contributed by atoms with Crippen LogP contribution in [0, 0.1) is 0 Å². The fourth-order valence-electron chi connectivity index (χ4n) is 2.72. The van der Waals surface area contributed by atoms with Crippen molar-refractivity contribution in [2.24, 2.45) is 0 Å². The van der Waals surface area contributed by atoms with E-state index in [4.69, 9.17) is 0 Å². The number of rotatable bonds is 3. The molecule has 3 rings (SSSR count). The van der Waals surface area contributed by atoms with Crippen LogP contribution in [-0.2, 0) is 11.7 Å². The van der Waals surface area contributed by atoms with E-state index in [9.17, 15) is 13.2 Å². The van der Waals surface area contributed by atoms with Gasteiger partial charge in [0.2, 0.25) is 4.96 Å². The summed E-state index contributed by atoms with van der Waals surface area (Å²) in [5.41, 5.74) is -0.303. The molecule has 1 atom stereocenters. The summed E-state index contributed by atoms with van der Waals surface area (Å²) in [6.45, 7) is 2.93. The van der Waals surface area contributed by atoms with Crippen LogP contribution in [0.5, 0.6) is 0 Å². The molecule has 2 aromatic heterocycles. The first-order chi connectivity index (χ1) is 9.46. The summed E-state index contributed by atoms with van der Waals surface area (Å²) in [5, 5.41) is 15.0. The Hall–Kier alpha value is -1.22. The standard InChI is InChI=1S/C11H14F3N5S/c1-2-4-10(5-3-6-15-10)8-18-19-7(11(12,13)14)16-17-9(19)20-8/h15H,2-6H2,1H3. The molecule has 0 amide bonds. The molecule has 3 heterocycles. The second kappa shape index (κ2) is 4.66. The lowest BCUT2D eigenvalue weighted by atomic mass is 9.93. The van der Waals surface area contributed by atoms with Crippen molar-refractivity contribution in [3.63, 3.8) is 0 Å². The Kier molecular flexibility index (Phi) is 3.20. The Morgan fingerprint density at radius 1 is 1.40 bits per heavy atom. The summed E-state index contributed by atoms with van der Waals surface area (Å²) in [6.07, 6.45) is -0.831. The largest absolute Gasteiger partial charge is 0.453 e. The predicted molar refractivity (Wildman–Crippen MR) is 67.5 cm³/mol. The smallest absolute Gasteiger partial charge is 0.305 e. The van der Waals surface area contributed by atoms with E-state index in [0.29, 0.717) is 5.01 Å². The Bertz CT molecular complexity index is 611. The third-order valence-electron chi connectivity index (χ3n) is 3.57. The number of nitrogens with zero attached hydrogens (tertiary/aromatic N) is 4. The molecule has 0 bridgehead atoms. The van der Waals surface area contributed by atoms with Gasteiger partial charge in [-0.25, -0.2) is 0 Å². The predicted octanol–water partition coefficient (Wildman–Crippen LogP) is 2.58. The van der Waals surface area contributed by atoms with Gasteiger partial charge in [0.1, 0.15) is 5.01 Å². The number of alkyl halides is 3. The number of fused-ring (bicyclic) bond motifs is 1. The molecular formula is C11H14F3N5S. The van der Waals surface area contributed by atoms with Crippen LogP contribution >= 0.6 is 11.3 Å². The number of hydrogen-bond acceptors (Lipinski definition) is 5. The van der Waals surface area contributed by atoms with Gasteiger partial charge in [-0.15, -0.1) is 10.2 Å². The van der Waals surface area contributed by atoms with Gasteiger partial charge < -0.3 is 5.32 Å². The maximum Gasteiger partial charge on any atom is 0.453 e. The van der Waals surface area contributed by atoms with E-state index >= 15 is 0 Å². The summed E-state index contributed by atoms with van der Waals surface area (Å²) in [6, 6.07) is 0. The lowest BCUT2D eigenvalue weighted by Crippen LogP contribution is -2.36. The molecule has 1 fully saturated rings. The molecule has 1 saturated heterocycles. The second-order valence-corrected chi connectivity index (χ2v) is 5.94. The van der Waals surface area contributed by atoms with Gasteiger partial charge in [-0.3, -0.25) is 0 Å². The van der Waals surface area contributed by atoms with E-state index in [2.05, 4.69) is 27.5 Å². The first-order valence-electron chi connectivity index (χ1n) is 6.51. The van der Waals surface area contributed by atoms with Crippen LogP contribution in [0.3, 0.4) is 0 Å². The quantitative estimate of drug-likeness (QED) is 0.947. The molecule has 20 heavy (non-hydrogen) atoms. The van der Waals surface area contributed by atoms with E-state index in [1.165, 1.54) is 11.3 Å². The number of aromatic nitrogens is 4. The minimum atomic E-state index is -4.54. The zero-order valence-electron chi connectivity index (χ0n) is 10.9. The molecule has 0 radical (unpaired) electrons. The minimum absolute atomic E-state index is 0.191. The van der Waals surface area contributed by atoms with Crippen molar-refractivity contribution in [2.45, 2.75) is 44.3 Å². The highest BCUT2D eigenvalue weighted by Gasteiger charge is 2.41.